The number of hydrogen-bond acceptors (Lipinski definition) is 4. The van der Waals surface area contributed by atoms with E-state index in [4.69, 9.17) is 11.6 Å². The molecule has 1 unspecified atom stereocenters. The Bertz CT molecular complexity index is 367. The van der Waals surface area contributed by atoms with Gasteiger partial charge in [-0.25, -0.2) is 0 Å². The van der Waals surface area contributed by atoms with Crippen LogP contribution in [0.2, 0.25) is 4.34 Å². The number of rotatable bonds is 7. The molecule has 0 aliphatic heterocycles. The van der Waals surface area contributed by atoms with Crippen molar-refractivity contribution in [2.24, 2.45) is 0 Å². The Kier molecular flexibility index (Phi) is 6.55. The van der Waals surface area contributed by atoms with Gasteiger partial charge in [0.2, 0.25) is 0 Å². The SMILES string of the molecule is CSCCC(C)N(C)CC(=O)c1ccc(Cl)s1. The van der Waals surface area contributed by atoms with Gasteiger partial charge in [-0.05, 0) is 44.5 Å². The number of carbonyl (C=O) groups is 1. The standard InChI is InChI=1S/C12H18ClNOS2/c1-9(6-7-16-3)14(2)8-10(15)11-4-5-12(13)17-11/h4-5,9H,6-8H2,1-3H3. The first-order valence-corrected chi connectivity index (χ1v) is 8.11. The lowest BCUT2D eigenvalue weighted by molar-refractivity contribution is 0.0928. The first kappa shape index (κ1) is 15.0. The topological polar surface area (TPSA) is 20.3 Å². The minimum absolute atomic E-state index is 0.153. The van der Waals surface area contributed by atoms with Crippen molar-refractivity contribution in [3.05, 3.63) is 21.3 Å². The van der Waals surface area contributed by atoms with Gasteiger partial charge in [0.15, 0.2) is 5.78 Å². The van der Waals surface area contributed by atoms with Gasteiger partial charge >= 0.3 is 0 Å². The summed E-state index contributed by atoms with van der Waals surface area (Å²) < 4.78 is 0.673. The predicted octanol–water partition coefficient (Wildman–Crippen LogP) is 3.66. The molecule has 0 bridgehead atoms. The molecule has 5 heteroatoms. The summed E-state index contributed by atoms with van der Waals surface area (Å²) >= 11 is 9.01. The second kappa shape index (κ2) is 7.41. The molecule has 1 aromatic heterocycles. The van der Waals surface area contributed by atoms with E-state index in [1.54, 1.807) is 12.1 Å². The van der Waals surface area contributed by atoms with Crippen LogP contribution in [0.15, 0.2) is 12.1 Å². The summed E-state index contributed by atoms with van der Waals surface area (Å²) in [7, 11) is 2.00. The highest BCUT2D eigenvalue weighted by Gasteiger charge is 2.15. The molecule has 17 heavy (non-hydrogen) atoms. The zero-order valence-corrected chi connectivity index (χ0v) is 12.8. The van der Waals surface area contributed by atoms with Crippen molar-refractivity contribution < 1.29 is 4.79 Å². The van der Waals surface area contributed by atoms with Crippen molar-refractivity contribution in [2.75, 3.05) is 25.6 Å². The smallest absolute Gasteiger partial charge is 0.186 e. The van der Waals surface area contributed by atoms with Crippen LogP contribution in [-0.4, -0.2) is 42.3 Å². The van der Waals surface area contributed by atoms with Gasteiger partial charge in [-0.3, -0.25) is 9.69 Å². The minimum atomic E-state index is 0.153. The normalized spacial score (nSPS) is 13.0. The van der Waals surface area contributed by atoms with Crippen LogP contribution < -0.4 is 0 Å². The van der Waals surface area contributed by atoms with Gasteiger partial charge in [-0.1, -0.05) is 11.6 Å². The first-order chi connectivity index (χ1) is 8.04. The van der Waals surface area contributed by atoms with Crippen molar-refractivity contribution in [2.45, 2.75) is 19.4 Å². The van der Waals surface area contributed by atoms with Crippen molar-refractivity contribution in [3.63, 3.8) is 0 Å². The van der Waals surface area contributed by atoms with Gasteiger partial charge < -0.3 is 0 Å². The van der Waals surface area contributed by atoms with Gasteiger partial charge in [-0.2, -0.15) is 11.8 Å². The van der Waals surface area contributed by atoms with E-state index in [1.165, 1.54) is 11.3 Å². The fraction of sp³-hybridized carbons (Fsp3) is 0.583. The van der Waals surface area contributed by atoms with Gasteiger partial charge in [-0.15, -0.1) is 11.3 Å². The molecule has 0 aliphatic carbocycles. The summed E-state index contributed by atoms with van der Waals surface area (Å²) in [6, 6.07) is 4.01. The maximum atomic E-state index is 12.0. The highest BCUT2D eigenvalue weighted by atomic mass is 35.5. The Morgan fingerprint density at radius 2 is 2.29 bits per heavy atom. The molecule has 1 heterocycles. The molecule has 0 aliphatic rings. The lowest BCUT2D eigenvalue weighted by atomic mass is 10.2. The zero-order valence-electron chi connectivity index (χ0n) is 10.4. The number of likely N-dealkylation sites (N-methyl/N-ethyl adjacent to an activating group) is 1. The van der Waals surface area contributed by atoms with Crippen molar-refractivity contribution in [1.29, 1.82) is 0 Å². The van der Waals surface area contributed by atoms with Crippen LogP contribution in [0, 0.1) is 0 Å². The summed E-state index contributed by atoms with van der Waals surface area (Å²) in [6.45, 7) is 2.62. The van der Waals surface area contributed by atoms with Crippen LogP contribution in [-0.2, 0) is 0 Å². The molecule has 0 N–H and O–H groups in total. The molecule has 1 rings (SSSR count). The Morgan fingerprint density at radius 3 is 2.82 bits per heavy atom. The van der Waals surface area contributed by atoms with E-state index in [-0.39, 0.29) is 5.78 Å². The van der Waals surface area contributed by atoms with Gasteiger partial charge in [0.25, 0.3) is 0 Å². The highest BCUT2D eigenvalue weighted by molar-refractivity contribution is 7.98. The van der Waals surface area contributed by atoms with Crippen LogP contribution in [0.25, 0.3) is 0 Å². The van der Waals surface area contributed by atoms with Gasteiger partial charge in [0, 0.05) is 6.04 Å². The van der Waals surface area contributed by atoms with E-state index in [0.717, 1.165) is 17.1 Å². The minimum Gasteiger partial charge on any atom is -0.296 e. The molecule has 0 spiro atoms. The second-order valence-electron chi connectivity index (χ2n) is 4.07. The number of halogens is 1. The lowest BCUT2D eigenvalue weighted by Crippen LogP contribution is -2.34. The maximum Gasteiger partial charge on any atom is 0.186 e. The molecule has 0 saturated heterocycles. The molecule has 0 fully saturated rings. The van der Waals surface area contributed by atoms with E-state index in [1.807, 2.05) is 18.8 Å². The number of carbonyl (C=O) groups excluding carboxylic acids is 1. The van der Waals surface area contributed by atoms with Gasteiger partial charge in [0.05, 0.1) is 15.8 Å². The molecule has 0 aromatic carbocycles. The summed E-state index contributed by atoms with van der Waals surface area (Å²) in [5, 5.41) is 0. The van der Waals surface area contributed by atoms with Gasteiger partial charge in [0.1, 0.15) is 0 Å². The third-order valence-corrected chi connectivity index (χ3v) is 4.65. The molecule has 0 radical (unpaired) electrons. The quantitative estimate of drug-likeness (QED) is 0.715. The fourth-order valence-corrected chi connectivity index (χ4v) is 2.98. The number of thiophene rings is 1. The zero-order chi connectivity index (χ0) is 12.8. The Morgan fingerprint density at radius 1 is 1.59 bits per heavy atom. The largest absolute Gasteiger partial charge is 0.296 e. The Hall–Kier alpha value is -0.0300. The molecule has 0 amide bonds. The average Bonchev–Trinajstić information content (AvgIpc) is 2.72. The third kappa shape index (κ3) is 5.00. The molecule has 1 aromatic rings. The predicted molar refractivity (Wildman–Crippen MR) is 78.8 cm³/mol. The molecule has 0 saturated carbocycles. The number of nitrogens with zero attached hydrogens (tertiary/aromatic N) is 1. The molecule has 2 nitrogen and oxygen atoms in total. The number of hydrogen-bond donors (Lipinski definition) is 0. The van der Waals surface area contributed by atoms with Crippen LogP contribution >= 0.6 is 34.7 Å². The first-order valence-electron chi connectivity index (χ1n) is 5.52. The number of thioether (sulfide) groups is 1. The highest BCUT2D eigenvalue weighted by Crippen LogP contribution is 2.22. The summed E-state index contributed by atoms with van der Waals surface area (Å²) in [6.07, 6.45) is 3.21. The van der Waals surface area contributed by atoms with Crippen molar-refractivity contribution in [3.8, 4) is 0 Å². The lowest BCUT2D eigenvalue weighted by Gasteiger charge is -2.23. The number of ketones is 1. The summed E-state index contributed by atoms with van der Waals surface area (Å²) in [5.74, 6) is 1.28. The average molecular weight is 292 g/mol. The molecular formula is C12H18ClNOS2. The second-order valence-corrected chi connectivity index (χ2v) is 6.77. The van der Waals surface area contributed by atoms with E-state index in [9.17, 15) is 4.79 Å². The van der Waals surface area contributed by atoms with Crippen LogP contribution in [0.1, 0.15) is 23.0 Å². The third-order valence-electron chi connectivity index (χ3n) is 2.73. The van der Waals surface area contributed by atoms with E-state index >= 15 is 0 Å². The molecule has 1 atom stereocenters. The van der Waals surface area contributed by atoms with Crippen molar-refractivity contribution in [1.82, 2.24) is 4.90 Å². The van der Waals surface area contributed by atoms with E-state index in [0.29, 0.717) is 16.9 Å². The maximum absolute atomic E-state index is 12.0. The fourth-order valence-electron chi connectivity index (χ4n) is 1.43. The van der Waals surface area contributed by atoms with Crippen LogP contribution in [0.4, 0.5) is 0 Å². The number of Topliss-reactive ketones (excluding diaryl/α,β-unsaturated/α-hetero) is 1. The molecule has 96 valence electrons. The summed E-state index contributed by atoms with van der Waals surface area (Å²) in [4.78, 5) is 14.8. The Balaban J connectivity index is 2.45. The van der Waals surface area contributed by atoms with Crippen LogP contribution in [0.3, 0.4) is 0 Å². The Labute approximate surface area is 116 Å². The molecular weight excluding hydrogens is 274 g/mol. The van der Waals surface area contributed by atoms with Crippen molar-refractivity contribution >= 4 is 40.5 Å². The monoisotopic (exact) mass is 291 g/mol. The van der Waals surface area contributed by atoms with Crippen LogP contribution in [0.5, 0.6) is 0 Å². The van der Waals surface area contributed by atoms with E-state index in [2.05, 4.69) is 18.1 Å². The summed E-state index contributed by atoms with van der Waals surface area (Å²) in [5.41, 5.74) is 0. The van der Waals surface area contributed by atoms with E-state index < -0.39 is 0 Å².